The second-order valence-corrected chi connectivity index (χ2v) is 7.90. The molecule has 0 aromatic carbocycles. The zero-order chi connectivity index (χ0) is 18.7. The molecule has 12 heteroatoms. The smallest absolute Gasteiger partial charge is 0.390 e. The molecule has 11 nitrogen and oxygen atoms in total. The van der Waals surface area contributed by atoms with Crippen molar-refractivity contribution in [3.05, 3.63) is 24.8 Å². The van der Waals surface area contributed by atoms with Crippen molar-refractivity contribution in [3.63, 3.8) is 0 Å². The van der Waals surface area contributed by atoms with E-state index in [9.17, 15) is 14.8 Å². The lowest BCUT2D eigenvalue weighted by atomic mass is 9.78. The highest BCUT2D eigenvalue weighted by molar-refractivity contribution is 7.46. The van der Waals surface area contributed by atoms with E-state index in [0.29, 0.717) is 17.6 Å². The van der Waals surface area contributed by atoms with E-state index in [1.807, 2.05) is 6.08 Å². The molecule has 2 aromatic rings. The molecule has 1 saturated carbocycles. The molecule has 2 aliphatic carbocycles. The summed E-state index contributed by atoms with van der Waals surface area (Å²) in [6.07, 6.45) is 4.21. The van der Waals surface area contributed by atoms with Gasteiger partial charge in [-0.2, -0.15) is 0 Å². The van der Waals surface area contributed by atoms with Gasteiger partial charge in [-0.1, -0.05) is 12.2 Å². The highest BCUT2D eigenvalue weighted by Crippen LogP contribution is 2.57. The molecule has 2 aliphatic rings. The van der Waals surface area contributed by atoms with Crippen molar-refractivity contribution in [2.45, 2.75) is 24.7 Å². The molecule has 5 atom stereocenters. The fraction of sp³-hybridized carbons (Fsp3) is 0.500. The molecular formula is C14H18N5O6P. The van der Waals surface area contributed by atoms with Gasteiger partial charge in [0, 0.05) is 11.3 Å². The number of nitrogen functional groups attached to an aromatic ring is 1. The maximum Gasteiger partial charge on any atom is 0.469 e. The molecule has 6 N–H and O–H groups in total. The van der Waals surface area contributed by atoms with E-state index in [4.69, 9.17) is 20.0 Å². The fourth-order valence-electron chi connectivity index (χ4n) is 4.14. The lowest BCUT2D eigenvalue weighted by molar-refractivity contribution is -0.0490. The summed E-state index contributed by atoms with van der Waals surface area (Å²) in [5.41, 5.74) is 5.52. The van der Waals surface area contributed by atoms with Gasteiger partial charge in [-0.3, -0.25) is 4.52 Å². The van der Waals surface area contributed by atoms with Gasteiger partial charge in [0.25, 0.3) is 0 Å². The number of hydrogen-bond acceptors (Lipinski definition) is 8. The molecule has 0 radical (unpaired) electrons. The van der Waals surface area contributed by atoms with Gasteiger partial charge in [-0.25, -0.2) is 19.5 Å². The van der Waals surface area contributed by atoms with Crippen molar-refractivity contribution in [1.82, 2.24) is 19.5 Å². The minimum Gasteiger partial charge on any atom is -0.390 e. The number of nitrogens with two attached hydrogens (primary N) is 1. The standard InChI is InChI=1S/C14H18N5O6P/c15-12-8-13(17-5-16-12)19(6-18-8)9-7-2-1-3-14(7,11(21)10(9)20)4-25-26(22,23)24/h1-2,5-7,9-11,20-21H,3-4H2,(H2,15,16,17)(H2,22,23,24)/t7-,9-,10+,11+,14+/m1/s1. The molecule has 26 heavy (non-hydrogen) atoms. The van der Waals surface area contributed by atoms with Crippen LogP contribution < -0.4 is 5.73 Å². The molecule has 0 amide bonds. The third kappa shape index (κ3) is 2.48. The van der Waals surface area contributed by atoms with Crippen LogP contribution in [0.2, 0.25) is 0 Å². The Kier molecular flexibility index (Phi) is 3.92. The number of anilines is 1. The Morgan fingerprint density at radius 1 is 1.35 bits per heavy atom. The Morgan fingerprint density at radius 2 is 2.12 bits per heavy atom. The summed E-state index contributed by atoms with van der Waals surface area (Å²) in [5, 5.41) is 21.4. The van der Waals surface area contributed by atoms with Crippen molar-refractivity contribution in [1.29, 1.82) is 0 Å². The molecule has 140 valence electrons. The number of nitrogens with zero attached hydrogens (tertiary/aromatic N) is 4. The zero-order valence-corrected chi connectivity index (χ0v) is 14.3. The number of aliphatic hydroxyl groups is 2. The first-order valence-electron chi connectivity index (χ1n) is 7.90. The van der Waals surface area contributed by atoms with Gasteiger partial charge in [0.15, 0.2) is 11.5 Å². The maximum absolute atomic E-state index is 11.1. The fourth-order valence-corrected chi connectivity index (χ4v) is 4.55. The maximum atomic E-state index is 11.1. The normalized spacial score (nSPS) is 33.8. The molecule has 0 bridgehead atoms. The van der Waals surface area contributed by atoms with Crippen molar-refractivity contribution in [2.24, 2.45) is 11.3 Å². The molecule has 2 heterocycles. The van der Waals surface area contributed by atoms with Crippen LogP contribution in [0.4, 0.5) is 5.82 Å². The van der Waals surface area contributed by atoms with Gasteiger partial charge in [-0.05, 0) is 6.42 Å². The largest absolute Gasteiger partial charge is 0.469 e. The highest BCUT2D eigenvalue weighted by Gasteiger charge is 2.61. The summed E-state index contributed by atoms with van der Waals surface area (Å²) >= 11 is 0. The first-order chi connectivity index (χ1) is 12.2. The summed E-state index contributed by atoms with van der Waals surface area (Å²) in [5.74, 6) is -0.243. The average Bonchev–Trinajstić information content (AvgIpc) is 3.22. The van der Waals surface area contributed by atoms with Gasteiger partial charge >= 0.3 is 7.82 Å². The van der Waals surface area contributed by atoms with Crippen LogP contribution in [0.15, 0.2) is 24.8 Å². The summed E-state index contributed by atoms with van der Waals surface area (Å²) in [4.78, 5) is 30.3. The van der Waals surface area contributed by atoms with E-state index in [0.717, 1.165) is 0 Å². The lowest BCUT2D eigenvalue weighted by Gasteiger charge is -2.33. The Bertz CT molecular complexity index is 928. The number of imidazole rings is 1. The molecular weight excluding hydrogens is 365 g/mol. The summed E-state index contributed by atoms with van der Waals surface area (Å²) in [7, 11) is -4.72. The highest BCUT2D eigenvalue weighted by atomic mass is 31.2. The molecule has 4 rings (SSSR count). The van der Waals surface area contributed by atoms with Gasteiger partial charge < -0.3 is 30.3 Å². The Hall–Kier alpha value is -1.88. The number of hydrogen-bond donors (Lipinski definition) is 5. The molecule has 2 aromatic heterocycles. The monoisotopic (exact) mass is 383 g/mol. The second-order valence-electron chi connectivity index (χ2n) is 6.66. The second kappa shape index (κ2) is 5.81. The van der Waals surface area contributed by atoms with Gasteiger partial charge in [-0.15, -0.1) is 0 Å². The predicted octanol–water partition coefficient (Wildman–Crippen LogP) is -0.643. The van der Waals surface area contributed by atoms with Gasteiger partial charge in [0.1, 0.15) is 17.9 Å². The number of rotatable bonds is 4. The summed E-state index contributed by atoms with van der Waals surface area (Å²) in [6.45, 7) is -0.395. The van der Waals surface area contributed by atoms with E-state index in [2.05, 4.69) is 15.0 Å². The first-order valence-corrected chi connectivity index (χ1v) is 9.43. The van der Waals surface area contributed by atoms with Crippen molar-refractivity contribution < 1.29 is 29.1 Å². The van der Waals surface area contributed by atoms with Crippen LogP contribution in [0.25, 0.3) is 11.2 Å². The number of fused-ring (bicyclic) bond motifs is 2. The average molecular weight is 383 g/mol. The van der Waals surface area contributed by atoms with Gasteiger partial charge in [0.05, 0.1) is 25.1 Å². The Morgan fingerprint density at radius 3 is 2.85 bits per heavy atom. The lowest BCUT2D eigenvalue weighted by Crippen LogP contribution is -2.40. The number of phosphoric ester groups is 1. The van der Waals surface area contributed by atoms with Crippen molar-refractivity contribution >= 4 is 24.8 Å². The first kappa shape index (κ1) is 17.5. The van der Waals surface area contributed by atoms with Crippen LogP contribution in [0.5, 0.6) is 0 Å². The third-order valence-corrected chi connectivity index (χ3v) is 5.81. The predicted molar refractivity (Wildman–Crippen MR) is 88.5 cm³/mol. The molecule has 0 unspecified atom stereocenters. The van der Waals surface area contributed by atoms with E-state index < -0.39 is 44.0 Å². The topological polar surface area (TPSA) is 177 Å². The zero-order valence-electron chi connectivity index (χ0n) is 13.5. The minimum atomic E-state index is -4.72. The van der Waals surface area contributed by atoms with Crippen LogP contribution in [0.3, 0.4) is 0 Å². The number of aliphatic hydroxyl groups excluding tert-OH is 2. The molecule has 0 spiro atoms. The molecule has 0 aliphatic heterocycles. The van der Waals surface area contributed by atoms with E-state index in [-0.39, 0.29) is 5.82 Å². The van der Waals surface area contributed by atoms with Crippen LogP contribution in [0, 0.1) is 11.3 Å². The van der Waals surface area contributed by atoms with Crippen LogP contribution in [-0.4, -0.2) is 58.3 Å². The van der Waals surface area contributed by atoms with Crippen LogP contribution in [-0.2, 0) is 9.09 Å². The van der Waals surface area contributed by atoms with E-state index in [1.165, 1.54) is 12.7 Å². The molecule has 0 saturated heterocycles. The van der Waals surface area contributed by atoms with Crippen molar-refractivity contribution in [2.75, 3.05) is 12.3 Å². The van der Waals surface area contributed by atoms with E-state index >= 15 is 0 Å². The number of phosphoric acid groups is 1. The van der Waals surface area contributed by atoms with Crippen LogP contribution >= 0.6 is 7.82 Å². The quantitative estimate of drug-likeness (QED) is 0.337. The third-order valence-electron chi connectivity index (χ3n) is 5.35. The van der Waals surface area contributed by atoms with Crippen molar-refractivity contribution in [3.8, 4) is 0 Å². The molecule has 1 fully saturated rings. The number of allylic oxidation sites excluding steroid dienone is 2. The minimum absolute atomic E-state index is 0.194. The SMILES string of the molecule is Nc1ncnc2c1ncn2[C@H]1[C@H](O)[C@H](O)[C@]2(COP(=O)(O)O)CC=C[C@H]12. The number of aromatic nitrogens is 4. The Balaban J connectivity index is 1.77. The van der Waals surface area contributed by atoms with Gasteiger partial charge in [0.2, 0.25) is 0 Å². The van der Waals surface area contributed by atoms with E-state index in [1.54, 1.807) is 10.6 Å². The van der Waals surface area contributed by atoms with Crippen LogP contribution in [0.1, 0.15) is 12.5 Å². The summed E-state index contributed by atoms with van der Waals surface area (Å²) in [6, 6.07) is -0.650. The Labute approximate surface area is 147 Å². The summed E-state index contributed by atoms with van der Waals surface area (Å²) < 4.78 is 17.5.